The van der Waals surface area contributed by atoms with Crippen molar-refractivity contribution in [1.29, 1.82) is 0 Å². The highest BCUT2D eigenvalue weighted by atomic mass is 79.9. The summed E-state index contributed by atoms with van der Waals surface area (Å²) in [5.41, 5.74) is 0.962. The van der Waals surface area contributed by atoms with Crippen molar-refractivity contribution in [2.75, 3.05) is 13.6 Å². The number of aryl methyl sites for hydroxylation is 1. The maximum atomic E-state index is 5.74. The fraction of sp³-hybridized carbons (Fsp3) is 0.333. The molecule has 1 aromatic carbocycles. The summed E-state index contributed by atoms with van der Waals surface area (Å²) in [7, 11) is 1.97. The van der Waals surface area contributed by atoms with E-state index in [9.17, 15) is 0 Å². The van der Waals surface area contributed by atoms with Crippen LogP contribution in [0, 0.1) is 0 Å². The number of halogens is 1. The molecule has 15 heavy (non-hydrogen) atoms. The van der Waals surface area contributed by atoms with E-state index in [0.29, 0.717) is 0 Å². The molecule has 1 N–H and O–H groups in total. The second-order valence-corrected chi connectivity index (χ2v) is 4.43. The van der Waals surface area contributed by atoms with Crippen LogP contribution in [0.15, 0.2) is 33.2 Å². The van der Waals surface area contributed by atoms with Crippen molar-refractivity contribution >= 4 is 26.9 Å². The smallest absolute Gasteiger partial charge is 0.135 e. The Kier molecular flexibility index (Phi) is 3.44. The first-order valence-corrected chi connectivity index (χ1v) is 5.92. The van der Waals surface area contributed by atoms with E-state index < -0.39 is 0 Å². The first-order chi connectivity index (χ1) is 7.31. The maximum Gasteiger partial charge on any atom is 0.135 e. The van der Waals surface area contributed by atoms with Gasteiger partial charge in [-0.25, -0.2) is 0 Å². The molecule has 0 aliphatic rings. The number of rotatable bonds is 4. The molecule has 0 aliphatic heterocycles. The second kappa shape index (κ2) is 4.81. The van der Waals surface area contributed by atoms with Crippen molar-refractivity contribution in [3.63, 3.8) is 0 Å². The van der Waals surface area contributed by atoms with Crippen molar-refractivity contribution in [3.05, 3.63) is 34.5 Å². The van der Waals surface area contributed by atoms with Crippen molar-refractivity contribution < 1.29 is 4.42 Å². The van der Waals surface area contributed by atoms with Gasteiger partial charge in [0.25, 0.3) is 0 Å². The minimum Gasteiger partial charge on any atom is -0.461 e. The standard InChI is InChI=1S/C12H14BrNO/c1-14-7-3-4-9-8-10-11(13)5-2-6-12(10)15-9/h2,5-6,8,14H,3-4,7H2,1H3. The SMILES string of the molecule is CNCCCc1cc2c(Br)cccc2o1. The lowest BCUT2D eigenvalue weighted by molar-refractivity contribution is 0.534. The Morgan fingerprint density at radius 2 is 2.27 bits per heavy atom. The van der Waals surface area contributed by atoms with E-state index in [1.54, 1.807) is 0 Å². The Balaban J connectivity index is 2.20. The van der Waals surface area contributed by atoms with Crippen LogP contribution in [0.3, 0.4) is 0 Å². The van der Waals surface area contributed by atoms with E-state index in [1.165, 1.54) is 0 Å². The van der Waals surface area contributed by atoms with E-state index in [1.807, 2.05) is 25.2 Å². The third-order valence-corrected chi connectivity index (χ3v) is 3.10. The number of nitrogens with one attached hydrogen (secondary N) is 1. The topological polar surface area (TPSA) is 25.2 Å². The lowest BCUT2D eigenvalue weighted by Gasteiger charge is -1.95. The van der Waals surface area contributed by atoms with Crippen LogP contribution >= 0.6 is 15.9 Å². The molecule has 2 rings (SSSR count). The van der Waals surface area contributed by atoms with Gasteiger partial charge in [-0.1, -0.05) is 22.0 Å². The van der Waals surface area contributed by atoms with Gasteiger partial charge in [-0.2, -0.15) is 0 Å². The van der Waals surface area contributed by atoms with Gasteiger partial charge in [0.1, 0.15) is 11.3 Å². The summed E-state index contributed by atoms with van der Waals surface area (Å²) in [6.07, 6.45) is 2.09. The van der Waals surface area contributed by atoms with Crippen LogP contribution in [0.1, 0.15) is 12.2 Å². The first kappa shape index (κ1) is 10.7. The van der Waals surface area contributed by atoms with Gasteiger partial charge >= 0.3 is 0 Å². The molecule has 0 radical (unpaired) electrons. The minimum absolute atomic E-state index is 0.962. The van der Waals surface area contributed by atoms with E-state index in [4.69, 9.17) is 4.42 Å². The maximum absolute atomic E-state index is 5.74. The van der Waals surface area contributed by atoms with Crippen LogP contribution < -0.4 is 5.32 Å². The first-order valence-electron chi connectivity index (χ1n) is 5.13. The third kappa shape index (κ3) is 2.41. The Bertz CT molecular complexity index is 450. The molecule has 0 atom stereocenters. The summed E-state index contributed by atoms with van der Waals surface area (Å²) in [5.74, 6) is 1.06. The lowest BCUT2D eigenvalue weighted by Crippen LogP contribution is -2.07. The quantitative estimate of drug-likeness (QED) is 0.860. The molecule has 0 unspecified atom stereocenters. The molecule has 1 aromatic heterocycles. The van der Waals surface area contributed by atoms with Crippen molar-refractivity contribution in [3.8, 4) is 0 Å². The largest absolute Gasteiger partial charge is 0.461 e. The normalized spacial score (nSPS) is 11.1. The molecular weight excluding hydrogens is 254 g/mol. The Hall–Kier alpha value is -0.800. The molecule has 0 spiro atoms. The fourth-order valence-electron chi connectivity index (χ4n) is 1.64. The highest BCUT2D eigenvalue weighted by molar-refractivity contribution is 9.10. The van der Waals surface area contributed by atoms with Gasteiger partial charge < -0.3 is 9.73 Å². The van der Waals surface area contributed by atoms with Crippen LogP contribution in [0.5, 0.6) is 0 Å². The van der Waals surface area contributed by atoms with Crippen LogP contribution in [-0.2, 0) is 6.42 Å². The molecule has 0 aliphatic carbocycles. The van der Waals surface area contributed by atoms with Gasteiger partial charge in [0, 0.05) is 16.3 Å². The molecule has 0 fully saturated rings. The van der Waals surface area contributed by atoms with Gasteiger partial charge in [0.05, 0.1) is 0 Å². The monoisotopic (exact) mass is 267 g/mol. The number of benzene rings is 1. The number of hydrogen-bond donors (Lipinski definition) is 1. The average Bonchev–Trinajstić information content (AvgIpc) is 2.63. The fourth-order valence-corrected chi connectivity index (χ4v) is 2.10. The average molecular weight is 268 g/mol. The molecule has 80 valence electrons. The summed E-state index contributed by atoms with van der Waals surface area (Å²) >= 11 is 3.52. The van der Waals surface area contributed by atoms with Gasteiger partial charge in [-0.15, -0.1) is 0 Å². The highest BCUT2D eigenvalue weighted by Gasteiger charge is 2.05. The predicted molar refractivity (Wildman–Crippen MR) is 66.2 cm³/mol. The van der Waals surface area contributed by atoms with Crippen LogP contribution in [-0.4, -0.2) is 13.6 Å². The van der Waals surface area contributed by atoms with Crippen molar-refractivity contribution in [2.24, 2.45) is 0 Å². The molecule has 0 saturated heterocycles. The van der Waals surface area contributed by atoms with Crippen LogP contribution in [0.4, 0.5) is 0 Å². The molecule has 3 heteroatoms. The third-order valence-electron chi connectivity index (χ3n) is 2.41. The summed E-state index contributed by atoms with van der Waals surface area (Å²) in [4.78, 5) is 0. The minimum atomic E-state index is 0.962. The number of furan rings is 1. The van der Waals surface area contributed by atoms with Gasteiger partial charge in [0.15, 0.2) is 0 Å². The summed E-state index contributed by atoms with van der Waals surface area (Å²) in [5, 5.41) is 4.30. The number of hydrogen-bond acceptors (Lipinski definition) is 2. The summed E-state index contributed by atoms with van der Waals surface area (Å²) in [6, 6.07) is 8.15. The Morgan fingerprint density at radius 1 is 1.40 bits per heavy atom. The summed E-state index contributed by atoms with van der Waals surface area (Å²) < 4.78 is 6.84. The number of fused-ring (bicyclic) bond motifs is 1. The molecule has 0 saturated carbocycles. The van der Waals surface area contributed by atoms with E-state index in [0.717, 1.165) is 40.6 Å². The van der Waals surface area contributed by atoms with E-state index in [-0.39, 0.29) is 0 Å². The highest BCUT2D eigenvalue weighted by Crippen LogP contribution is 2.27. The zero-order valence-corrected chi connectivity index (χ0v) is 10.3. The Morgan fingerprint density at radius 3 is 3.00 bits per heavy atom. The van der Waals surface area contributed by atoms with Gasteiger partial charge in [0.2, 0.25) is 0 Å². The molecular formula is C12H14BrNO. The molecule has 1 heterocycles. The lowest BCUT2D eigenvalue weighted by atomic mass is 10.2. The molecule has 2 aromatic rings. The zero-order chi connectivity index (χ0) is 10.7. The van der Waals surface area contributed by atoms with Crippen LogP contribution in [0.2, 0.25) is 0 Å². The molecule has 0 bridgehead atoms. The van der Waals surface area contributed by atoms with Gasteiger partial charge in [-0.05, 0) is 38.2 Å². The van der Waals surface area contributed by atoms with Crippen LogP contribution in [0.25, 0.3) is 11.0 Å². The van der Waals surface area contributed by atoms with E-state index in [2.05, 4.69) is 27.3 Å². The van der Waals surface area contributed by atoms with Gasteiger partial charge in [-0.3, -0.25) is 0 Å². The molecule has 0 amide bonds. The second-order valence-electron chi connectivity index (χ2n) is 3.57. The van der Waals surface area contributed by atoms with Crippen molar-refractivity contribution in [1.82, 2.24) is 5.32 Å². The summed E-state index contributed by atoms with van der Waals surface area (Å²) in [6.45, 7) is 1.03. The molecule has 2 nitrogen and oxygen atoms in total. The van der Waals surface area contributed by atoms with Crippen molar-refractivity contribution in [2.45, 2.75) is 12.8 Å². The van der Waals surface area contributed by atoms with E-state index >= 15 is 0 Å². The zero-order valence-electron chi connectivity index (χ0n) is 8.72. The predicted octanol–water partition coefficient (Wildman–Crippen LogP) is 3.35. The Labute approximate surface area is 97.8 Å².